The first kappa shape index (κ1) is 22.5. The van der Waals surface area contributed by atoms with Crippen molar-refractivity contribution in [3.8, 4) is 0 Å². The van der Waals surface area contributed by atoms with E-state index in [0.717, 1.165) is 0 Å². The molecule has 0 saturated carbocycles. The average molecular weight is 263 g/mol. The molecule has 0 fully saturated rings. The van der Waals surface area contributed by atoms with Gasteiger partial charge >= 0.3 is 75.5 Å². The predicted octanol–water partition coefficient (Wildman–Crippen LogP) is -5.90. The molecule has 0 unspecified atom stereocenters. The molecule has 0 rings (SSSR count). The van der Waals surface area contributed by atoms with Crippen LogP contribution >= 0.6 is 0 Å². The second-order valence-electron chi connectivity index (χ2n) is 0.500. The van der Waals surface area contributed by atoms with E-state index in [2.05, 4.69) is 0 Å². The minimum absolute atomic E-state index is 0. The van der Waals surface area contributed by atoms with Crippen LogP contribution in [0.4, 0.5) is 0 Å². The van der Waals surface area contributed by atoms with E-state index in [-0.39, 0.29) is 102 Å². The van der Waals surface area contributed by atoms with Gasteiger partial charge < -0.3 is 28.2 Å². The molecule has 0 spiro atoms. The molecular formula is Ca2O4SiZr. The normalized spacial score (nSPS) is 7.50. The van der Waals surface area contributed by atoms with Crippen molar-refractivity contribution in [3.05, 3.63) is 0 Å². The fourth-order valence-electron chi connectivity index (χ4n) is 0. The van der Waals surface area contributed by atoms with Gasteiger partial charge in [0, 0.05) is 26.2 Å². The van der Waals surface area contributed by atoms with Gasteiger partial charge in [0.05, 0.1) is 0 Å². The molecule has 0 amide bonds. The Balaban J connectivity index is -0.0000000267. The van der Waals surface area contributed by atoms with Gasteiger partial charge in [-0.05, 0) is 0 Å². The molecule has 0 aliphatic rings. The monoisotopic (exact) mass is 262 g/mol. The third kappa shape index (κ3) is 56.6. The Labute approximate surface area is 127 Å². The van der Waals surface area contributed by atoms with Crippen LogP contribution in [0.15, 0.2) is 0 Å². The molecule has 8 heavy (non-hydrogen) atoms. The molecule has 8 heteroatoms. The maximum absolute atomic E-state index is 8.58. The van der Waals surface area contributed by atoms with Crippen LogP contribution in [0.5, 0.6) is 0 Å². The zero-order valence-corrected chi connectivity index (χ0v) is 11.9. The molecule has 0 heterocycles. The fraction of sp³-hybridized carbons (Fsp3) is 0. The molecule has 0 N–H and O–H groups in total. The van der Waals surface area contributed by atoms with Gasteiger partial charge in [0.25, 0.3) is 0 Å². The van der Waals surface area contributed by atoms with Crippen molar-refractivity contribution in [1.29, 1.82) is 0 Å². The molecule has 0 aliphatic carbocycles. The van der Waals surface area contributed by atoms with E-state index in [4.69, 9.17) is 19.2 Å². The van der Waals surface area contributed by atoms with Crippen molar-refractivity contribution in [3.63, 3.8) is 0 Å². The summed E-state index contributed by atoms with van der Waals surface area (Å²) in [5.74, 6) is 0. The predicted molar refractivity (Wildman–Crippen MR) is 17.3 cm³/mol. The number of hydrogen-bond acceptors (Lipinski definition) is 4. The molecule has 0 saturated heterocycles. The summed E-state index contributed by atoms with van der Waals surface area (Å²) in [5, 5.41) is 0. The number of rotatable bonds is 0. The first-order valence-electron chi connectivity index (χ1n) is 0.816. The average Bonchev–Trinajstić information content (AvgIpc) is 0.722. The first-order valence-corrected chi connectivity index (χ1v) is 2.45. The van der Waals surface area contributed by atoms with Crippen molar-refractivity contribution in [2.45, 2.75) is 0 Å². The summed E-state index contributed by atoms with van der Waals surface area (Å²) in [4.78, 5) is 34.3. The third-order valence-corrected chi connectivity index (χ3v) is 0. The fourth-order valence-corrected chi connectivity index (χ4v) is 0. The molecular weight excluding hydrogens is 263 g/mol. The summed E-state index contributed by atoms with van der Waals surface area (Å²) in [6, 6.07) is 0. The molecule has 0 aromatic rings. The summed E-state index contributed by atoms with van der Waals surface area (Å²) in [7, 11) is -5.61. The van der Waals surface area contributed by atoms with E-state index in [1.54, 1.807) is 0 Å². The van der Waals surface area contributed by atoms with Gasteiger partial charge in [0.2, 0.25) is 0 Å². The molecule has 0 aromatic carbocycles. The van der Waals surface area contributed by atoms with Crippen molar-refractivity contribution in [2.24, 2.45) is 0 Å². The van der Waals surface area contributed by atoms with E-state index < -0.39 is 9.05 Å². The van der Waals surface area contributed by atoms with Crippen LogP contribution < -0.4 is 19.2 Å². The Morgan fingerprint density at radius 1 is 0.750 bits per heavy atom. The van der Waals surface area contributed by atoms with Crippen molar-refractivity contribution >= 4 is 84.5 Å². The van der Waals surface area contributed by atoms with Crippen LogP contribution in [0.3, 0.4) is 0 Å². The van der Waals surface area contributed by atoms with Gasteiger partial charge in [0.1, 0.15) is 0 Å². The Morgan fingerprint density at radius 3 is 0.750 bits per heavy atom. The Bertz CT molecular complexity index is 29.5. The number of hydrogen-bond donors (Lipinski definition) is 0. The minimum atomic E-state index is -5.61. The molecule has 0 bridgehead atoms. The largest absolute Gasteiger partial charge is 2.00 e. The molecule has 36 valence electrons. The van der Waals surface area contributed by atoms with E-state index in [0.29, 0.717) is 0 Å². The molecule has 0 aliphatic heterocycles. The van der Waals surface area contributed by atoms with Crippen LogP contribution in [-0.4, -0.2) is 84.5 Å². The summed E-state index contributed by atoms with van der Waals surface area (Å²) in [6.45, 7) is 0. The van der Waals surface area contributed by atoms with Crippen molar-refractivity contribution in [1.82, 2.24) is 0 Å². The van der Waals surface area contributed by atoms with E-state index >= 15 is 0 Å². The van der Waals surface area contributed by atoms with Gasteiger partial charge in [0.15, 0.2) is 0 Å². The Kier molecular flexibility index (Phi) is 29.5. The summed E-state index contributed by atoms with van der Waals surface area (Å²) >= 11 is 0. The van der Waals surface area contributed by atoms with Crippen LogP contribution in [0.2, 0.25) is 0 Å². The smallest absolute Gasteiger partial charge is 0.894 e. The molecule has 4 nitrogen and oxygen atoms in total. The zero-order chi connectivity index (χ0) is 4.50. The van der Waals surface area contributed by atoms with Crippen LogP contribution in [-0.2, 0) is 26.2 Å². The molecule has 0 aromatic heterocycles. The summed E-state index contributed by atoms with van der Waals surface area (Å²) in [6.07, 6.45) is 0. The van der Waals surface area contributed by atoms with Crippen LogP contribution in [0.25, 0.3) is 0 Å². The van der Waals surface area contributed by atoms with Crippen LogP contribution in [0, 0.1) is 0 Å². The Morgan fingerprint density at radius 2 is 0.750 bits per heavy atom. The minimum Gasteiger partial charge on any atom is -0.894 e. The second kappa shape index (κ2) is 10.5. The third-order valence-electron chi connectivity index (χ3n) is 0. The quantitative estimate of drug-likeness (QED) is 0.407. The molecule has 0 atom stereocenters. The maximum atomic E-state index is 8.58. The van der Waals surface area contributed by atoms with Crippen molar-refractivity contribution in [2.75, 3.05) is 0 Å². The topological polar surface area (TPSA) is 92.2 Å². The second-order valence-corrected chi connectivity index (χ2v) is 1.50. The summed E-state index contributed by atoms with van der Waals surface area (Å²) < 4.78 is 0. The van der Waals surface area contributed by atoms with E-state index in [1.807, 2.05) is 0 Å². The van der Waals surface area contributed by atoms with E-state index in [1.165, 1.54) is 0 Å². The summed E-state index contributed by atoms with van der Waals surface area (Å²) in [5.41, 5.74) is 0. The zero-order valence-electron chi connectivity index (χ0n) is 4.05. The van der Waals surface area contributed by atoms with Gasteiger partial charge in [-0.3, -0.25) is 0 Å². The van der Waals surface area contributed by atoms with Gasteiger partial charge in [-0.25, -0.2) is 0 Å². The maximum Gasteiger partial charge on any atom is 2.00 e. The Hall–Kier alpha value is 3.46. The van der Waals surface area contributed by atoms with Crippen molar-refractivity contribution < 1.29 is 45.4 Å². The van der Waals surface area contributed by atoms with Gasteiger partial charge in [-0.2, -0.15) is 0 Å². The van der Waals surface area contributed by atoms with E-state index in [9.17, 15) is 0 Å². The van der Waals surface area contributed by atoms with Gasteiger partial charge in [-0.1, -0.05) is 0 Å². The molecule has 0 radical (unpaired) electrons. The SMILES string of the molecule is [Ca+2].[Ca+2].[O-][Si]([O-])([O-])[O-].[Zr]. The standard InChI is InChI=1S/2Ca.O4Si.Zr/c;;1-5(2,3)4;/q2*+2;-4;. The first-order chi connectivity index (χ1) is 2.00. The van der Waals surface area contributed by atoms with Crippen LogP contribution in [0.1, 0.15) is 0 Å². The van der Waals surface area contributed by atoms with Gasteiger partial charge in [-0.15, -0.1) is 0 Å².